The highest BCUT2D eigenvalue weighted by atomic mass is 16.5. The molecule has 1 amide bonds. The van der Waals surface area contributed by atoms with Crippen LogP contribution < -0.4 is 5.32 Å². The Balaban J connectivity index is 2.28. The van der Waals surface area contributed by atoms with Gasteiger partial charge in [0.1, 0.15) is 12.2 Å². The van der Waals surface area contributed by atoms with Crippen LogP contribution >= 0.6 is 0 Å². The lowest BCUT2D eigenvalue weighted by Gasteiger charge is -2.02. The fourth-order valence-corrected chi connectivity index (χ4v) is 0.882. The van der Waals surface area contributed by atoms with Crippen LogP contribution in [0.4, 0.5) is 4.79 Å². The fraction of sp³-hybridized carbons (Fsp3) is 0.571. The molecule has 72 valence electrons. The van der Waals surface area contributed by atoms with Crippen molar-refractivity contribution in [1.82, 2.24) is 20.1 Å². The van der Waals surface area contributed by atoms with Crippen molar-refractivity contribution < 1.29 is 9.53 Å². The number of ether oxygens (including phenoxy) is 1. The SMILES string of the molecule is COC(=O)NCCc1nncn1C. The number of nitrogens with one attached hydrogen (secondary N) is 1. The third-order valence-electron chi connectivity index (χ3n) is 1.61. The van der Waals surface area contributed by atoms with Gasteiger partial charge in [0.2, 0.25) is 0 Å². The molecule has 0 bridgehead atoms. The molecule has 13 heavy (non-hydrogen) atoms. The van der Waals surface area contributed by atoms with E-state index in [-0.39, 0.29) is 0 Å². The monoisotopic (exact) mass is 184 g/mol. The van der Waals surface area contributed by atoms with Gasteiger partial charge < -0.3 is 14.6 Å². The Morgan fingerprint density at radius 1 is 1.77 bits per heavy atom. The number of amides is 1. The average Bonchev–Trinajstić information content (AvgIpc) is 2.52. The molecule has 1 rings (SSSR count). The van der Waals surface area contributed by atoms with Crippen LogP contribution in [0.25, 0.3) is 0 Å². The normalized spacial score (nSPS) is 9.69. The first-order valence-corrected chi connectivity index (χ1v) is 3.88. The van der Waals surface area contributed by atoms with E-state index in [0.29, 0.717) is 13.0 Å². The highest BCUT2D eigenvalue weighted by Crippen LogP contribution is 1.91. The Kier molecular flexibility index (Phi) is 3.24. The zero-order chi connectivity index (χ0) is 9.68. The van der Waals surface area contributed by atoms with Gasteiger partial charge in [-0.25, -0.2) is 4.79 Å². The minimum absolute atomic E-state index is 0.429. The van der Waals surface area contributed by atoms with Crippen molar-refractivity contribution in [2.75, 3.05) is 13.7 Å². The second-order valence-electron chi connectivity index (χ2n) is 2.53. The largest absolute Gasteiger partial charge is 0.453 e. The molecule has 1 N–H and O–H groups in total. The Morgan fingerprint density at radius 3 is 3.08 bits per heavy atom. The number of aryl methyl sites for hydroxylation is 1. The van der Waals surface area contributed by atoms with Gasteiger partial charge in [-0.3, -0.25) is 0 Å². The molecule has 1 aromatic heterocycles. The Bertz CT molecular complexity index is 284. The van der Waals surface area contributed by atoms with Crippen LogP contribution in [0.1, 0.15) is 5.82 Å². The smallest absolute Gasteiger partial charge is 0.406 e. The van der Waals surface area contributed by atoms with E-state index in [0.717, 1.165) is 5.82 Å². The molecule has 0 aliphatic rings. The van der Waals surface area contributed by atoms with Crippen molar-refractivity contribution in [3.8, 4) is 0 Å². The van der Waals surface area contributed by atoms with E-state index in [1.165, 1.54) is 7.11 Å². The summed E-state index contributed by atoms with van der Waals surface area (Å²) in [5.74, 6) is 0.830. The molecule has 0 saturated carbocycles. The molecule has 0 radical (unpaired) electrons. The van der Waals surface area contributed by atoms with Crippen molar-refractivity contribution in [1.29, 1.82) is 0 Å². The van der Waals surface area contributed by atoms with Gasteiger partial charge in [-0.2, -0.15) is 0 Å². The van der Waals surface area contributed by atoms with Gasteiger partial charge in [-0.05, 0) is 0 Å². The summed E-state index contributed by atoms with van der Waals surface area (Å²) in [5.41, 5.74) is 0. The Hall–Kier alpha value is -1.59. The molecule has 0 unspecified atom stereocenters. The molecular formula is C7H12N4O2. The minimum atomic E-state index is -0.429. The summed E-state index contributed by atoms with van der Waals surface area (Å²) in [6.45, 7) is 0.499. The Labute approximate surface area is 75.9 Å². The highest BCUT2D eigenvalue weighted by Gasteiger charge is 2.01. The first-order chi connectivity index (χ1) is 6.24. The first-order valence-electron chi connectivity index (χ1n) is 3.88. The summed E-state index contributed by atoms with van der Waals surface area (Å²) in [5, 5.41) is 10.1. The summed E-state index contributed by atoms with van der Waals surface area (Å²) in [6.07, 6.45) is 1.83. The number of rotatable bonds is 3. The van der Waals surface area contributed by atoms with E-state index in [1.54, 1.807) is 10.9 Å². The zero-order valence-electron chi connectivity index (χ0n) is 7.65. The third kappa shape index (κ3) is 2.73. The number of carbonyl (C=O) groups excluding carboxylic acids is 1. The van der Waals surface area contributed by atoms with Crippen LogP contribution in [0.2, 0.25) is 0 Å². The molecule has 6 heteroatoms. The molecule has 0 fully saturated rings. The maximum absolute atomic E-state index is 10.6. The standard InChI is InChI=1S/C7H12N4O2/c1-11-5-9-10-6(11)3-4-8-7(12)13-2/h5H,3-4H2,1-2H3,(H,8,12). The predicted molar refractivity (Wildman–Crippen MR) is 45.1 cm³/mol. The average molecular weight is 184 g/mol. The lowest BCUT2D eigenvalue weighted by atomic mass is 10.4. The molecule has 0 aromatic carbocycles. The molecule has 0 spiro atoms. The van der Waals surface area contributed by atoms with E-state index >= 15 is 0 Å². The minimum Gasteiger partial charge on any atom is -0.453 e. The summed E-state index contributed by atoms with van der Waals surface area (Å²) >= 11 is 0. The van der Waals surface area contributed by atoms with Crippen molar-refractivity contribution in [3.05, 3.63) is 12.2 Å². The lowest BCUT2D eigenvalue weighted by molar-refractivity contribution is 0.171. The number of nitrogens with zero attached hydrogens (tertiary/aromatic N) is 3. The van der Waals surface area contributed by atoms with Crippen LogP contribution in [0.15, 0.2) is 6.33 Å². The number of hydrogen-bond acceptors (Lipinski definition) is 4. The molecule has 0 aliphatic heterocycles. The second-order valence-corrected chi connectivity index (χ2v) is 2.53. The summed E-state index contributed by atoms with van der Waals surface area (Å²) in [6, 6.07) is 0. The van der Waals surface area contributed by atoms with E-state index in [9.17, 15) is 4.79 Å². The van der Waals surface area contributed by atoms with Gasteiger partial charge >= 0.3 is 6.09 Å². The molecule has 0 atom stereocenters. The number of alkyl carbamates (subject to hydrolysis) is 1. The van der Waals surface area contributed by atoms with Crippen LogP contribution in [0, 0.1) is 0 Å². The summed E-state index contributed by atoms with van der Waals surface area (Å²) < 4.78 is 6.21. The van der Waals surface area contributed by atoms with E-state index in [1.807, 2.05) is 7.05 Å². The quantitative estimate of drug-likeness (QED) is 0.701. The van der Waals surface area contributed by atoms with Gasteiger partial charge in [-0.15, -0.1) is 10.2 Å². The van der Waals surface area contributed by atoms with Gasteiger partial charge in [0.25, 0.3) is 0 Å². The Morgan fingerprint density at radius 2 is 2.54 bits per heavy atom. The van der Waals surface area contributed by atoms with Crippen LogP contribution in [0.3, 0.4) is 0 Å². The van der Waals surface area contributed by atoms with Crippen molar-refractivity contribution in [2.45, 2.75) is 6.42 Å². The molecule has 0 saturated heterocycles. The summed E-state index contributed by atoms with van der Waals surface area (Å²) in [4.78, 5) is 10.6. The molecule has 1 aromatic rings. The van der Waals surface area contributed by atoms with Crippen molar-refractivity contribution in [2.24, 2.45) is 7.05 Å². The van der Waals surface area contributed by atoms with Crippen LogP contribution in [0.5, 0.6) is 0 Å². The number of methoxy groups -OCH3 is 1. The van der Waals surface area contributed by atoms with Gasteiger partial charge in [-0.1, -0.05) is 0 Å². The molecule has 0 aliphatic carbocycles. The van der Waals surface area contributed by atoms with Crippen molar-refractivity contribution >= 4 is 6.09 Å². The van der Waals surface area contributed by atoms with Crippen LogP contribution in [-0.2, 0) is 18.2 Å². The summed E-state index contributed by atoms with van der Waals surface area (Å²) in [7, 11) is 3.19. The number of hydrogen-bond donors (Lipinski definition) is 1. The lowest BCUT2D eigenvalue weighted by Crippen LogP contribution is -2.25. The third-order valence-corrected chi connectivity index (χ3v) is 1.61. The van der Waals surface area contributed by atoms with E-state index in [4.69, 9.17) is 0 Å². The first kappa shape index (κ1) is 9.50. The van der Waals surface area contributed by atoms with Crippen LogP contribution in [-0.4, -0.2) is 34.5 Å². The molecule has 1 heterocycles. The second kappa shape index (κ2) is 4.44. The van der Waals surface area contributed by atoms with Gasteiger partial charge in [0.05, 0.1) is 7.11 Å². The van der Waals surface area contributed by atoms with E-state index < -0.39 is 6.09 Å². The molecular weight excluding hydrogens is 172 g/mol. The molecule has 6 nitrogen and oxygen atoms in total. The van der Waals surface area contributed by atoms with Gasteiger partial charge in [0.15, 0.2) is 0 Å². The van der Waals surface area contributed by atoms with Crippen molar-refractivity contribution in [3.63, 3.8) is 0 Å². The zero-order valence-corrected chi connectivity index (χ0v) is 7.65. The highest BCUT2D eigenvalue weighted by molar-refractivity contribution is 5.66. The van der Waals surface area contributed by atoms with Gasteiger partial charge in [0, 0.05) is 20.0 Å². The fourth-order valence-electron chi connectivity index (χ4n) is 0.882. The topological polar surface area (TPSA) is 69.0 Å². The van der Waals surface area contributed by atoms with E-state index in [2.05, 4.69) is 20.3 Å². The number of aromatic nitrogens is 3. The maximum Gasteiger partial charge on any atom is 0.406 e. The predicted octanol–water partition coefficient (Wildman–Crippen LogP) is -0.286. The maximum atomic E-state index is 10.6. The number of carbonyl (C=O) groups is 1.